The smallest absolute Gasteiger partial charge is 0.284 e. The number of fused-ring (bicyclic) bond motifs is 1. The first-order chi connectivity index (χ1) is 8.61. The summed E-state index contributed by atoms with van der Waals surface area (Å²) in [6, 6.07) is 6.75. The molecule has 1 aromatic carbocycles. The number of amides is 1. The Morgan fingerprint density at radius 3 is 3.00 bits per heavy atom. The molecule has 1 heterocycles. The van der Waals surface area contributed by atoms with Gasteiger partial charge in [0.25, 0.3) is 5.91 Å². The van der Waals surface area contributed by atoms with Crippen LogP contribution in [-0.4, -0.2) is 29.6 Å². The van der Waals surface area contributed by atoms with Crippen LogP contribution in [0.3, 0.4) is 0 Å². The molecule has 0 aliphatic heterocycles. The molecule has 5 nitrogen and oxygen atoms in total. The Labute approximate surface area is 108 Å². The average molecular weight is 270 g/mol. The van der Waals surface area contributed by atoms with E-state index in [-0.39, 0.29) is 18.2 Å². The number of furan rings is 1. The first-order valence-corrected chi connectivity index (χ1v) is 5.84. The van der Waals surface area contributed by atoms with Crippen molar-refractivity contribution in [3.05, 3.63) is 30.0 Å². The highest BCUT2D eigenvalue weighted by atomic mass is 35.5. The predicted molar refractivity (Wildman–Crippen MR) is 67.0 cm³/mol. The highest BCUT2D eigenvalue weighted by Gasteiger charge is 2.13. The zero-order chi connectivity index (χ0) is 13.1. The molecular weight excluding hydrogens is 258 g/mol. The number of carbonyl (C=O) groups excluding carboxylic acids is 1. The van der Waals surface area contributed by atoms with Gasteiger partial charge in [-0.1, -0.05) is 12.1 Å². The van der Waals surface area contributed by atoms with Crippen LogP contribution >= 0.6 is 11.6 Å². The number of benzene rings is 1. The fraction of sp³-hybridized carbons (Fsp3) is 0.250. The lowest BCUT2D eigenvalue weighted by atomic mass is 10.2. The van der Waals surface area contributed by atoms with E-state index in [0.29, 0.717) is 16.7 Å². The summed E-state index contributed by atoms with van der Waals surface area (Å²) in [5.74, 6) is -0.0539. The van der Waals surface area contributed by atoms with Crippen LogP contribution in [0.25, 0.3) is 11.0 Å². The number of nitrogens with two attached hydrogens (primary N) is 1. The number of primary amides is 1. The SMILES string of the molecule is NC(=O)c1cc2cccc(OCC(O)CCl)c2o1. The Balaban J connectivity index is 2.30. The number of aliphatic hydroxyl groups excluding tert-OH is 1. The normalized spacial score (nSPS) is 12.6. The van der Waals surface area contributed by atoms with Crippen LogP contribution < -0.4 is 10.5 Å². The van der Waals surface area contributed by atoms with Crippen molar-refractivity contribution in [1.82, 2.24) is 0 Å². The van der Waals surface area contributed by atoms with Crippen molar-refractivity contribution < 1.29 is 19.1 Å². The number of aliphatic hydroxyl groups is 1. The number of alkyl halides is 1. The molecule has 18 heavy (non-hydrogen) atoms. The first-order valence-electron chi connectivity index (χ1n) is 5.31. The fourth-order valence-corrected chi connectivity index (χ4v) is 1.59. The van der Waals surface area contributed by atoms with E-state index in [1.165, 1.54) is 0 Å². The average Bonchev–Trinajstić information content (AvgIpc) is 2.80. The van der Waals surface area contributed by atoms with Gasteiger partial charge in [-0.25, -0.2) is 0 Å². The third-order valence-electron chi connectivity index (χ3n) is 2.36. The molecule has 6 heteroatoms. The van der Waals surface area contributed by atoms with Crippen LogP contribution in [0.2, 0.25) is 0 Å². The number of para-hydroxylation sites is 1. The topological polar surface area (TPSA) is 85.7 Å². The molecule has 2 aromatic rings. The van der Waals surface area contributed by atoms with Crippen molar-refractivity contribution >= 4 is 28.5 Å². The van der Waals surface area contributed by atoms with E-state index in [4.69, 9.17) is 26.5 Å². The lowest BCUT2D eigenvalue weighted by Gasteiger charge is -2.09. The Morgan fingerprint density at radius 1 is 1.56 bits per heavy atom. The van der Waals surface area contributed by atoms with Crippen molar-refractivity contribution in [2.24, 2.45) is 5.73 Å². The van der Waals surface area contributed by atoms with E-state index in [9.17, 15) is 9.90 Å². The number of hydrogen-bond acceptors (Lipinski definition) is 4. The maximum Gasteiger partial charge on any atom is 0.284 e. The zero-order valence-electron chi connectivity index (χ0n) is 9.43. The minimum atomic E-state index is -0.757. The summed E-state index contributed by atoms with van der Waals surface area (Å²) in [4.78, 5) is 11.0. The number of carbonyl (C=O) groups is 1. The van der Waals surface area contributed by atoms with Crippen LogP contribution in [0, 0.1) is 0 Å². The molecule has 0 saturated heterocycles. The van der Waals surface area contributed by atoms with E-state index in [0.717, 1.165) is 0 Å². The molecule has 0 saturated carbocycles. The Bertz CT molecular complexity index is 566. The van der Waals surface area contributed by atoms with Gasteiger partial charge in [0.2, 0.25) is 0 Å². The van der Waals surface area contributed by atoms with Crippen LogP contribution in [0.5, 0.6) is 5.75 Å². The molecule has 0 bridgehead atoms. The molecule has 0 aliphatic rings. The maximum atomic E-state index is 11.0. The van der Waals surface area contributed by atoms with E-state index in [1.54, 1.807) is 24.3 Å². The number of rotatable bonds is 5. The zero-order valence-corrected chi connectivity index (χ0v) is 10.2. The van der Waals surface area contributed by atoms with Crippen LogP contribution in [-0.2, 0) is 0 Å². The highest BCUT2D eigenvalue weighted by Crippen LogP contribution is 2.28. The van der Waals surface area contributed by atoms with Crippen molar-refractivity contribution in [2.45, 2.75) is 6.10 Å². The van der Waals surface area contributed by atoms with Gasteiger partial charge in [-0.05, 0) is 12.1 Å². The second-order valence-electron chi connectivity index (χ2n) is 3.77. The van der Waals surface area contributed by atoms with Crippen molar-refractivity contribution in [3.63, 3.8) is 0 Å². The number of halogens is 1. The van der Waals surface area contributed by atoms with Gasteiger partial charge in [-0.15, -0.1) is 11.6 Å². The standard InChI is InChI=1S/C12H12ClNO4/c13-5-8(15)6-17-9-3-1-2-7-4-10(12(14)16)18-11(7)9/h1-4,8,15H,5-6H2,(H2,14,16). The molecule has 96 valence electrons. The van der Waals surface area contributed by atoms with Crippen LogP contribution in [0.1, 0.15) is 10.6 Å². The first kappa shape index (κ1) is 12.7. The summed E-state index contributed by atoms with van der Waals surface area (Å²) in [7, 11) is 0. The molecule has 0 fully saturated rings. The van der Waals surface area contributed by atoms with E-state index >= 15 is 0 Å². The van der Waals surface area contributed by atoms with Gasteiger partial charge < -0.3 is 20.0 Å². The largest absolute Gasteiger partial charge is 0.487 e. The summed E-state index contributed by atoms with van der Waals surface area (Å²) in [6.07, 6.45) is -0.757. The van der Waals surface area contributed by atoms with Crippen LogP contribution in [0.4, 0.5) is 0 Å². The van der Waals surface area contributed by atoms with Gasteiger partial charge in [0.05, 0.1) is 5.88 Å². The molecule has 1 amide bonds. The summed E-state index contributed by atoms with van der Waals surface area (Å²) >= 11 is 5.47. The minimum absolute atomic E-state index is 0.0508. The molecule has 1 aromatic heterocycles. The lowest BCUT2D eigenvalue weighted by Crippen LogP contribution is -2.18. The van der Waals surface area contributed by atoms with Crippen molar-refractivity contribution in [1.29, 1.82) is 0 Å². The second-order valence-corrected chi connectivity index (χ2v) is 4.08. The summed E-state index contributed by atoms with van der Waals surface area (Å²) in [5.41, 5.74) is 5.56. The molecule has 0 aliphatic carbocycles. The summed E-state index contributed by atoms with van der Waals surface area (Å²) in [6.45, 7) is 0.0508. The Morgan fingerprint density at radius 2 is 2.33 bits per heavy atom. The van der Waals surface area contributed by atoms with Gasteiger partial charge in [0, 0.05) is 5.39 Å². The van der Waals surface area contributed by atoms with Gasteiger partial charge in [0.15, 0.2) is 17.1 Å². The molecule has 0 radical (unpaired) electrons. The van der Waals surface area contributed by atoms with Crippen molar-refractivity contribution in [3.8, 4) is 5.75 Å². The minimum Gasteiger partial charge on any atom is -0.487 e. The van der Waals surface area contributed by atoms with Gasteiger partial charge >= 0.3 is 0 Å². The maximum absolute atomic E-state index is 11.0. The second kappa shape index (κ2) is 5.29. The van der Waals surface area contributed by atoms with E-state index < -0.39 is 12.0 Å². The van der Waals surface area contributed by atoms with E-state index in [2.05, 4.69) is 0 Å². The molecule has 0 spiro atoms. The van der Waals surface area contributed by atoms with Gasteiger partial charge in [0.1, 0.15) is 12.7 Å². The molecule has 2 rings (SSSR count). The predicted octanol–water partition coefficient (Wildman–Crippen LogP) is 1.51. The molecule has 1 unspecified atom stereocenters. The van der Waals surface area contributed by atoms with Crippen molar-refractivity contribution in [2.75, 3.05) is 12.5 Å². The van der Waals surface area contributed by atoms with Crippen LogP contribution in [0.15, 0.2) is 28.7 Å². The lowest BCUT2D eigenvalue weighted by molar-refractivity contribution is 0.0975. The van der Waals surface area contributed by atoms with E-state index in [1.807, 2.05) is 0 Å². The van der Waals surface area contributed by atoms with Gasteiger partial charge in [-0.3, -0.25) is 4.79 Å². The Kier molecular flexibility index (Phi) is 3.74. The summed E-state index contributed by atoms with van der Waals surface area (Å²) in [5, 5.41) is 10.0. The quantitative estimate of drug-likeness (QED) is 0.806. The molecule has 1 atom stereocenters. The molecule has 3 N–H and O–H groups in total. The Hall–Kier alpha value is -1.72. The number of ether oxygens (including phenoxy) is 1. The van der Waals surface area contributed by atoms with Gasteiger partial charge in [-0.2, -0.15) is 0 Å². The highest BCUT2D eigenvalue weighted by molar-refractivity contribution is 6.18. The fourth-order valence-electron chi connectivity index (χ4n) is 1.50. The molecular formula is C12H12ClNO4. The summed E-state index contributed by atoms with van der Waals surface area (Å²) < 4.78 is 10.7. The monoisotopic (exact) mass is 269 g/mol. The third kappa shape index (κ3) is 2.57. The number of hydrogen-bond donors (Lipinski definition) is 2. The third-order valence-corrected chi connectivity index (χ3v) is 2.72.